The number of rotatable bonds is 7. The number of anilines is 2. The van der Waals surface area contributed by atoms with Crippen LogP contribution in [0.4, 0.5) is 11.8 Å². The fourth-order valence-corrected chi connectivity index (χ4v) is 5.16. The van der Waals surface area contributed by atoms with Gasteiger partial charge in [0.1, 0.15) is 18.4 Å². The number of imidazole rings is 1. The van der Waals surface area contributed by atoms with Gasteiger partial charge >= 0.3 is 7.82 Å². The maximum atomic E-state index is 12.7. The molecule has 5 atom stereocenters. The molecule has 0 amide bonds. The van der Waals surface area contributed by atoms with E-state index in [4.69, 9.17) is 24.0 Å². The van der Waals surface area contributed by atoms with Gasteiger partial charge in [0.05, 0.1) is 19.5 Å². The Morgan fingerprint density at radius 3 is 2.97 bits per heavy atom. The average Bonchev–Trinajstić information content (AvgIpc) is 3.25. The van der Waals surface area contributed by atoms with Crippen molar-refractivity contribution < 1.29 is 22.9 Å². The summed E-state index contributed by atoms with van der Waals surface area (Å²) in [4.78, 5) is 13.1. The molecule has 0 aliphatic carbocycles. The molecule has 2 aliphatic rings. The Morgan fingerprint density at radius 2 is 2.21 bits per heavy atom. The Balaban J connectivity index is 1.61. The first-order chi connectivity index (χ1) is 14.0. The van der Waals surface area contributed by atoms with Gasteiger partial charge in [-0.05, 0) is 12.8 Å². The Bertz CT molecular complexity index is 923. The lowest BCUT2D eigenvalue weighted by atomic mass is 10.0. The van der Waals surface area contributed by atoms with Crippen molar-refractivity contribution in [3.63, 3.8) is 0 Å². The topological polar surface area (TPSA) is 136 Å². The molecule has 2 saturated heterocycles. The first-order valence-corrected chi connectivity index (χ1v) is 11.4. The normalized spacial score (nSPS) is 31.8. The molecule has 4 rings (SSSR count). The van der Waals surface area contributed by atoms with Crippen molar-refractivity contribution >= 4 is 30.8 Å². The van der Waals surface area contributed by atoms with Crippen LogP contribution < -0.4 is 11.1 Å². The number of nitrogens with two attached hydrogens (primary N) is 1. The molecule has 11 nitrogen and oxygen atoms in total. The predicted octanol–water partition coefficient (Wildman–Crippen LogP) is 2.71. The summed E-state index contributed by atoms with van der Waals surface area (Å²) in [7, 11) is -3.58. The van der Waals surface area contributed by atoms with E-state index in [1.807, 2.05) is 18.4 Å². The zero-order valence-corrected chi connectivity index (χ0v) is 17.7. The molecule has 0 aromatic carbocycles. The predicted molar refractivity (Wildman–Crippen MR) is 106 cm³/mol. The molecular weight excluding hydrogens is 399 g/mol. The molecule has 0 saturated carbocycles. The van der Waals surface area contributed by atoms with E-state index in [1.165, 1.54) is 0 Å². The van der Waals surface area contributed by atoms with E-state index < -0.39 is 20.2 Å². The number of phosphoric ester groups is 1. The molecule has 29 heavy (non-hydrogen) atoms. The van der Waals surface area contributed by atoms with Crippen LogP contribution in [-0.2, 0) is 22.9 Å². The lowest BCUT2D eigenvalue weighted by Crippen LogP contribution is -2.36. The van der Waals surface area contributed by atoms with Crippen LogP contribution in [0.5, 0.6) is 0 Å². The standard InChI is InChI=1S/C17H27N6O5P/c1-4-6-19-14-12-15(22-17(18)21-14)23(9-20-12)16-10(3)13-11(27-16)8-26-29(24,28-13)25-7-5-2/h9-11,13,16H,4-8H2,1-3H3,(H3,18,19,21,22)/t10-,11+,13-,16+,29?/m0/s1. The molecule has 0 bridgehead atoms. The highest BCUT2D eigenvalue weighted by Gasteiger charge is 2.52. The van der Waals surface area contributed by atoms with Gasteiger partial charge in [0, 0.05) is 12.5 Å². The second kappa shape index (κ2) is 8.16. The number of nitrogen functional groups attached to an aromatic ring is 1. The van der Waals surface area contributed by atoms with E-state index in [9.17, 15) is 4.57 Å². The summed E-state index contributed by atoms with van der Waals surface area (Å²) >= 11 is 0. The highest BCUT2D eigenvalue weighted by atomic mass is 31.2. The maximum absolute atomic E-state index is 12.7. The Morgan fingerprint density at radius 1 is 1.38 bits per heavy atom. The molecule has 2 aromatic rings. The molecule has 3 N–H and O–H groups in total. The molecule has 0 spiro atoms. The van der Waals surface area contributed by atoms with Crippen molar-refractivity contribution in [2.75, 3.05) is 30.8 Å². The molecule has 2 aromatic heterocycles. The summed E-state index contributed by atoms with van der Waals surface area (Å²) < 4.78 is 37.1. The van der Waals surface area contributed by atoms with E-state index in [0.29, 0.717) is 23.6 Å². The number of aromatic nitrogens is 4. The third-order valence-corrected chi connectivity index (χ3v) is 6.47. The van der Waals surface area contributed by atoms with Crippen LogP contribution in [0.25, 0.3) is 11.2 Å². The largest absolute Gasteiger partial charge is 0.475 e. The van der Waals surface area contributed by atoms with Gasteiger partial charge in [-0.1, -0.05) is 20.8 Å². The van der Waals surface area contributed by atoms with E-state index in [1.54, 1.807) is 6.33 Å². The zero-order chi connectivity index (χ0) is 20.6. The van der Waals surface area contributed by atoms with Crippen LogP contribution in [0.15, 0.2) is 6.33 Å². The average molecular weight is 426 g/mol. The van der Waals surface area contributed by atoms with E-state index in [0.717, 1.165) is 19.4 Å². The van der Waals surface area contributed by atoms with Crippen molar-refractivity contribution in [1.82, 2.24) is 19.5 Å². The molecule has 4 heterocycles. The summed E-state index contributed by atoms with van der Waals surface area (Å²) in [5, 5.41) is 3.23. The summed E-state index contributed by atoms with van der Waals surface area (Å²) in [5.41, 5.74) is 7.10. The van der Waals surface area contributed by atoms with Crippen LogP contribution in [0.1, 0.15) is 39.8 Å². The van der Waals surface area contributed by atoms with Crippen molar-refractivity contribution in [3.8, 4) is 0 Å². The third kappa shape index (κ3) is 3.85. The fraction of sp³-hybridized carbons (Fsp3) is 0.706. The lowest BCUT2D eigenvalue weighted by molar-refractivity contribution is -0.0705. The van der Waals surface area contributed by atoms with Crippen molar-refractivity contribution in [3.05, 3.63) is 6.33 Å². The van der Waals surface area contributed by atoms with E-state index in [2.05, 4.69) is 27.2 Å². The zero-order valence-electron chi connectivity index (χ0n) is 16.8. The van der Waals surface area contributed by atoms with E-state index >= 15 is 0 Å². The van der Waals surface area contributed by atoms with Crippen LogP contribution >= 0.6 is 7.82 Å². The van der Waals surface area contributed by atoms with Gasteiger partial charge in [-0.25, -0.2) is 9.55 Å². The molecule has 0 radical (unpaired) electrons. The van der Waals surface area contributed by atoms with Crippen LogP contribution in [0.2, 0.25) is 0 Å². The Hall–Kier alpha value is -1.78. The quantitative estimate of drug-likeness (QED) is 0.636. The van der Waals surface area contributed by atoms with Gasteiger partial charge in [-0.3, -0.25) is 18.1 Å². The number of fused-ring (bicyclic) bond motifs is 2. The molecule has 12 heteroatoms. The van der Waals surface area contributed by atoms with Gasteiger partial charge in [0.15, 0.2) is 17.0 Å². The number of hydrogen-bond acceptors (Lipinski definition) is 10. The molecule has 2 fully saturated rings. The van der Waals surface area contributed by atoms with Crippen LogP contribution in [0.3, 0.4) is 0 Å². The maximum Gasteiger partial charge on any atom is 0.475 e. The minimum Gasteiger partial charge on any atom is -0.368 e. The second-order valence-electron chi connectivity index (χ2n) is 7.25. The highest BCUT2D eigenvalue weighted by Crippen LogP contribution is 2.57. The summed E-state index contributed by atoms with van der Waals surface area (Å²) in [5.74, 6) is 0.606. The number of ether oxygens (including phenoxy) is 1. The van der Waals surface area contributed by atoms with Gasteiger partial charge in [0.25, 0.3) is 0 Å². The minimum atomic E-state index is -3.58. The smallest absolute Gasteiger partial charge is 0.368 e. The molecule has 1 unspecified atom stereocenters. The van der Waals surface area contributed by atoms with E-state index in [-0.39, 0.29) is 24.6 Å². The number of nitrogens with zero attached hydrogens (tertiary/aromatic N) is 4. The van der Waals surface area contributed by atoms with Crippen LogP contribution in [-0.4, -0.2) is 51.5 Å². The van der Waals surface area contributed by atoms with Gasteiger partial charge in [0.2, 0.25) is 5.95 Å². The SMILES string of the molecule is CCCNc1nc(N)nc2c1ncn2[C@@H]1O[C@@H]2COP(=O)(OCCC)O[C@H]2[C@@H]1C. The van der Waals surface area contributed by atoms with Crippen molar-refractivity contribution in [1.29, 1.82) is 0 Å². The van der Waals surface area contributed by atoms with Crippen LogP contribution in [0, 0.1) is 5.92 Å². The number of nitrogens with one attached hydrogen (secondary N) is 1. The summed E-state index contributed by atoms with van der Waals surface area (Å²) in [6, 6.07) is 0. The Labute approximate surface area is 168 Å². The molecule has 2 aliphatic heterocycles. The summed E-state index contributed by atoms with van der Waals surface area (Å²) in [6.07, 6.45) is 2.10. The monoisotopic (exact) mass is 426 g/mol. The number of hydrogen-bond donors (Lipinski definition) is 2. The van der Waals surface area contributed by atoms with Crippen molar-refractivity contribution in [2.24, 2.45) is 5.92 Å². The lowest BCUT2D eigenvalue weighted by Gasteiger charge is -2.31. The van der Waals surface area contributed by atoms with Gasteiger partial charge in [-0.2, -0.15) is 9.97 Å². The third-order valence-electron chi connectivity index (χ3n) is 5.01. The second-order valence-corrected chi connectivity index (χ2v) is 8.87. The summed E-state index contributed by atoms with van der Waals surface area (Å²) in [6.45, 7) is 7.16. The first-order valence-electron chi connectivity index (χ1n) is 9.92. The highest BCUT2D eigenvalue weighted by molar-refractivity contribution is 7.48. The van der Waals surface area contributed by atoms with Gasteiger partial charge < -0.3 is 15.8 Å². The Kier molecular flexibility index (Phi) is 5.76. The fourth-order valence-electron chi connectivity index (χ4n) is 3.60. The molecule has 160 valence electrons. The molecular formula is C17H27N6O5P. The van der Waals surface area contributed by atoms with Gasteiger partial charge in [-0.15, -0.1) is 0 Å². The number of phosphoric acid groups is 1. The first kappa shape index (κ1) is 20.5. The van der Waals surface area contributed by atoms with Crippen molar-refractivity contribution in [2.45, 2.75) is 52.0 Å². The minimum absolute atomic E-state index is 0.136.